The highest BCUT2D eigenvalue weighted by molar-refractivity contribution is 5.49. The van der Waals surface area contributed by atoms with Crippen molar-refractivity contribution < 1.29 is 4.74 Å². The van der Waals surface area contributed by atoms with Crippen LogP contribution in [0.3, 0.4) is 0 Å². The van der Waals surface area contributed by atoms with Crippen LogP contribution in [0.2, 0.25) is 0 Å². The molecule has 0 spiro atoms. The fourth-order valence-corrected chi connectivity index (χ4v) is 1.80. The molecule has 0 aliphatic carbocycles. The summed E-state index contributed by atoms with van der Waals surface area (Å²) in [4.78, 5) is 2.38. The number of benzene rings is 1. The molecule has 14 heavy (non-hydrogen) atoms. The minimum Gasteiger partial charge on any atom is -0.377 e. The van der Waals surface area contributed by atoms with Crippen LogP contribution in [0.15, 0.2) is 24.3 Å². The van der Waals surface area contributed by atoms with E-state index in [1.165, 1.54) is 5.69 Å². The van der Waals surface area contributed by atoms with E-state index in [-0.39, 0.29) is 0 Å². The van der Waals surface area contributed by atoms with Gasteiger partial charge in [-0.3, -0.25) is 0 Å². The number of hydrogen-bond acceptors (Lipinski definition) is 2. The van der Waals surface area contributed by atoms with Gasteiger partial charge in [-0.05, 0) is 31.5 Å². The van der Waals surface area contributed by atoms with E-state index in [4.69, 9.17) is 4.74 Å². The molecule has 1 aromatic carbocycles. The van der Waals surface area contributed by atoms with Crippen LogP contribution in [0.1, 0.15) is 12.5 Å². The molecule has 0 aromatic heterocycles. The Labute approximate surface area is 85.5 Å². The van der Waals surface area contributed by atoms with Crippen LogP contribution in [0.4, 0.5) is 5.69 Å². The predicted molar refractivity (Wildman–Crippen MR) is 58.5 cm³/mol. The molecule has 75 valence electrons. The van der Waals surface area contributed by atoms with Gasteiger partial charge in [-0.15, -0.1) is 0 Å². The van der Waals surface area contributed by atoms with Gasteiger partial charge in [-0.2, -0.15) is 0 Å². The fourth-order valence-electron chi connectivity index (χ4n) is 1.80. The van der Waals surface area contributed by atoms with Crippen LogP contribution in [0.5, 0.6) is 0 Å². The zero-order chi connectivity index (χ0) is 9.97. The van der Waals surface area contributed by atoms with Crippen LogP contribution >= 0.6 is 0 Å². The molecule has 1 aromatic rings. The first kappa shape index (κ1) is 9.53. The molecule has 0 N–H and O–H groups in total. The van der Waals surface area contributed by atoms with Crippen molar-refractivity contribution in [2.45, 2.75) is 13.0 Å². The van der Waals surface area contributed by atoms with Crippen LogP contribution in [0, 0.1) is 6.92 Å². The van der Waals surface area contributed by atoms with Crippen LogP contribution < -0.4 is 4.90 Å². The van der Waals surface area contributed by atoms with E-state index in [1.807, 2.05) is 0 Å². The van der Waals surface area contributed by atoms with E-state index >= 15 is 0 Å². The summed E-state index contributed by atoms with van der Waals surface area (Å²) in [6.45, 7) is 8.71. The van der Waals surface area contributed by atoms with Crippen LogP contribution in [-0.2, 0) is 4.74 Å². The van der Waals surface area contributed by atoms with Gasteiger partial charge in [0.1, 0.15) is 0 Å². The van der Waals surface area contributed by atoms with Gasteiger partial charge in [0, 0.05) is 18.3 Å². The Balaban J connectivity index is 2.16. The normalized spacial score (nSPS) is 22.4. The molecule has 1 unspecified atom stereocenters. The summed E-state index contributed by atoms with van der Waals surface area (Å²) >= 11 is 0. The average Bonchev–Trinajstić information content (AvgIpc) is 2.20. The Kier molecular flexibility index (Phi) is 2.73. The highest BCUT2D eigenvalue weighted by Crippen LogP contribution is 2.19. The Morgan fingerprint density at radius 2 is 2.07 bits per heavy atom. The van der Waals surface area contributed by atoms with Gasteiger partial charge in [-0.1, -0.05) is 12.1 Å². The van der Waals surface area contributed by atoms with Crippen LogP contribution in [0.25, 0.3) is 0 Å². The average molecular weight is 190 g/mol. The molecule has 1 fully saturated rings. The maximum Gasteiger partial charge on any atom is 0.0668 e. The summed E-state index contributed by atoms with van der Waals surface area (Å²) < 4.78 is 5.40. The third-order valence-electron chi connectivity index (χ3n) is 2.64. The van der Waals surface area contributed by atoms with Crippen molar-refractivity contribution in [3.8, 4) is 0 Å². The SMILES string of the molecule is [CH2]c1ccc(N2CCOCC2C)cc1. The van der Waals surface area contributed by atoms with E-state index in [1.54, 1.807) is 0 Å². The number of ether oxygens (including phenoxy) is 1. The van der Waals surface area contributed by atoms with Crippen LogP contribution in [-0.4, -0.2) is 25.8 Å². The third kappa shape index (κ3) is 1.90. The Bertz CT molecular complexity index is 294. The second-order valence-electron chi connectivity index (χ2n) is 3.78. The van der Waals surface area contributed by atoms with Crippen molar-refractivity contribution in [1.29, 1.82) is 0 Å². The summed E-state index contributed by atoms with van der Waals surface area (Å²) in [5.74, 6) is 0. The topological polar surface area (TPSA) is 12.5 Å². The lowest BCUT2D eigenvalue weighted by atomic mass is 10.1. The zero-order valence-electron chi connectivity index (χ0n) is 8.57. The standard InChI is InChI=1S/C12H16NO/c1-10-3-5-12(6-4-10)13-7-8-14-9-11(13)2/h3-6,11H,1,7-9H2,2H3. The highest BCUT2D eigenvalue weighted by Gasteiger charge is 2.18. The maximum atomic E-state index is 5.40. The quantitative estimate of drug-likeness (QED) is 0.672. The molecular formula is C12H16NO. The second-order valence-corrected chi connectivity index (χ2v) is 3.78. The van der Waals surface area contributed by atoms with Crippen molar-refractivity contribution >= 4 is 5.69 Å². The van der Waals surface area contributed by atoms with E-state index < -0.39 is 0 Å². The van der Waals surface area contributed by atoms with E-state index in [0.29, 0.717) is 6.04 Å². The minimum atomic E-state index is 0.472. The van der Waals surface area contributed by atoms with Gasteiger partial charge in [0.25, 0.3) is 0 Å². The van der Waals surface area contributed by atoms with Gasteiger partial charge in [0.2, 0.25) is 0 Å². The largest absolute Gasteiger partial charge is 0.377 e. The molecule has 1 heterocycles. The monoisotopic (exact) mass is 190 g/mol. The number of hydrogen-bond donors (Lipinski definition) is 0. The van der Waals surface area contributed by atoms with E-state index in [2.05, 4.69) is 43.0 Å². The first-order chi connectivity index (χ1) is 6.77. The van der Waals surface area contributed by atoms with E-state index in [0.717, 1.165) is 25.3 Å². The van der Waals surface area contributed by atoms with Gasteiger partial charge in [-0.25, -0.2) is 0 Å². The molecule has 1 radical (unpaired) electrons. The summed E-state index contributed by atoms with van der Waals surface area (Å²) in [5.41, 5.74) is 2.34. The minimum absolute atomic E-state index is 0.472. The second kappa shape index (κ2) is 4.01. The Hall–Kier alpha value is -1.02. The molecule has 1 aliphatic heterocycles. The molecule has 0 bridgehead atoms. The van der Waals surface area contributed by atoms with Gasteiger partial charge in [0.05, 0.1) is 13.2 Å². The van der Waals surface area contributed by atoms with Gasteiger partial charge < -0.3 is 9.64 Å². The summed E-state index contributed by atoms with van der Waals surface area (Å²) in [6.07, 6.45) is 0. The molecule has 0 amide bonds. The molecule has 0 saturated carbocycles. The number of anilines is 1. The Morgan fingerprint density at radius 3 is 2.71 bits per heavy atom. The fraction of sp³-hybridized carbons (Fsp3) is 0.417. The lowest BCUT2D eigenvalue weighted by molar-refractivity contribution is 0.0989. The van der Waals surface area contributed by atoms with E-state index in [9.17, 15) is 0 Å². The number of rotatable bonds is 1. The molecule has 1 atom stereocenters. The number of morpholine rings is 1. The van der Waals surface area contributed by atoms with Crippen molar-refractivity contribution in [2.75, 3.05) is 24.7 Å². The van der Waals surface area contributed by atoms with Crippen molar-refractivity contribution in [3.63, 3.8) is 0 Å². The maximum absolute atomic E-state index is 5.40. The summed E-state index contributed by atoms with van der Waals surface area (Å²) in [6, 6.07) is 8.84. The first-order valence-electron chi connectivity index (χ1n) is 5.04. The molecule has 2 rings (SSSR count). The summed E-state index contributed by atoms with van der Waals surface area (Å²) in [5, 5.41) is 0. The molecule has 1 saturated heterocycles. The molecule has 2 heteroatoms. The smallest absolute Gasteiger partial charge is 0.0668 e. The Morgan fingerprint density at radius 1 is 1.36 bits per heavy atom. The summed E-state index contributed by atoms with van der Waals surface area (Å²) in [7, 11) is 0. The lowest BCUT2D eigenvalue weighted by Gasteiger charge is -2.35. The molecule has 2 nitrogen and oxygen atoms in total. The number of nitrogens with zero attached hydrogens (tertiary/aromatic N) is 1. The van der Waals surface area contributed by atoms with Crippen molar-refractivity contribution in [2.24, 2.45) is 0 Å². The predicted octanol–water partition coefficient (Wildman–Crippen LogP) is 2.09. The molecular weight excluding hydrogens is 174 g/mol. The highest BCUT2D eigenvalue weighted by atomic mass is 16.5. The van der Waals surface area contributed by atoms with Crippen molar-refractivity contribution in [3.05, 3.63) is 36.8 Å². The third-order valence-corrected chi connectivity index (χ3v) is 2.64. The molecule has 1 aliphatic rings. The first-order valence-corrected chi connectivity index (χ1v) is 5.04. The lowest BCUT2D eigenvalue weighted by Crippen LogP contribution is -2.43. The van der Waals surface area contributed by atoms with Crippen molar-refractivity contribution in [1.82, 2.24) is 0 Å². The van der Waals surface area contributed by atoms with Gasteiger partial charge >= 0.3 is 0 Å². The van der Waals surface area contributed by atoms with Gasteiger partial charge in [0.15, 0.2) is 0 Å². The zero-order valence-corrected chi connectivity index (χ0v) is 8.57.